The predicted octanol–water partition coefficient (Wildman–Crippen LogP) is 3.49. The molecule has 0 spiro atoms. The van der Waals surface area contributed by atoms with Crippen molar-refractivity contribution in [1.82, 2.24) is 0 Å². The SMILES string of the molecule is COc1ccc2c(c1N)CC[C@H]1[C@H]2CC[C@]2(C)[C@@H](O)CC[C@@H]12. The first kappa shape index (κ1) is 14.4. The second kappa shape index (κ2) is 4.89. The van der Waals surface area contributed by atoms with Crippen molar-refractivity contribution in [2.75, 3.05) is 12.8 Å². The van der Waals surface area contributed by atoms with Crippen LogP contribution in [0.2, 0.25) is 0 Å². The lowest BCUT2D eigenvalue weighted by Crippen LogP contribution is -2.44. The maximum Gasteiger partial charge on any atom is 0.142 e. The molecule has 0 heterocycles. The summed E-state index contributed by atoms with van der Waals surface area (Å²) in [5, 5.41) is 10.4. The Morgan fingerprint density at radius 3 is 2.82 bits per heavy atom. The largest absolute Gasteiger partial charge is 0.495 e. The van der Waals surface area contributed by atoms with Crippen LogP contribution in [0.4, 0.5) is 5.69 Å². The molecule has 0 aromatic heterocycles. The fourth-order valence-corrected chi connectivity index (χ4v) is 5.82. The number of ether oxygens (including phenoxy) is 1. The van der Waals surface area contributed by atoms with E-state index in [-0.39, 0.29) is 11.5 Å². The minimum absolute atomic E-state index is 0.0965. The van der Waals surface area contributed by atoms with Crippen LogP contribution in [0.1, 0.15) is 56.1 Å². The fourth-order valence-electron chi connectivity index (χ4n) is 5.82. The standard InChI is InChI=1S/C19H27NO2/c1-19-10-9-12-11-5-7-16(22-2)18(20)14(11)4-3-13(12)15(19)6-8-17(19)21/h5,7,12-13,15,17,21H,3-4,6,8-10,20H2,1-2H3/t12-,13-,15-,17-,19-/m0/s1. The number of rotatable bonds is 1. The van der Waals surface area contributed by atoms with Gasteiger partial charge in [-0.3, -0.25) is 0 Å². The lowest BCUT2D eigenvalue weighted by atomic mass is 9.55. The molecule has 3 heteroatoms. The average Bonchev–Trinajstić information content (AvgIpc) is 2.83. The van der Waals surface area contributed by atoms with Gasteiger partial charge < -0.3 is 15.6 Å². The van der Waals surface area contributed by atoms with Crippen LogP contribution in [0.3, 0.4) is 0 Å². The van der Waals surface area contributed by atoms with Gasteiger partial charge in [0.1, 0.15) is 5.75 Å². The Balaban J connectivity index is 1.72. The zero-order valence-electron chi connectivity index (χ0n) is 13.6. The summed E-state index contributed by atoms with van der Waals surface area (Å²) in [4.78, 5) is 0. The van der Waals surface area contributed by atoms with Crippen LogP contribution in [0.5, 0.6) is 5.75 Å². The van der Waals surface area contributed by atoms with Gasteiger partial charge in [-0.25, -0.2) is 0 Å². The molecule has 0 aliphatic heterocycles. The molecule has 0 amide bonds. The monoisotopic (exact) mass is 301 g/mol. The lowest BCUT2D eigenvalue weighted by Gasteiger charge is -2.50. The summed E-state index contributed by atoms with van der Waals surface area (Å²) in [6, 6.07) is 4.28. The Kier molecular flexibility index (Phi) is 3.19. The van der Waals surface area contributed by atoms with Crippen LogP contribution in [0, 0.1) is 17.3 Å². The molecule has 0 saturated heterocycles. The zero-order chi connectivity index (χ0) is 15.5. The van der Waals surface area contributed by atoms with Crippen molar-refractivity contribution in [1.29, 1.82) is 0 Å². The number of nitrogen functional groups attached to an aromatic ring is 1. The first-order valence-corrected chi connectivity index (χ1v) is 8.69. The zero-order valence-corrected chi connectivity index (χ0v) is 13.6. The van der Waals surface area contributed by atoms with Crippen molar-refractivity contribution in [2.45, 2.75) is 57.5 Å². The summed E-state index contributed by atoms with van der Waals surface area (Å²) < 4.78 is 5.39. The van der Waals surface area contributed by atoms with E-state index in [2.05, 4.69) is 13.0 Å². The molecule has 2 saturated carbocycles. The van der Waals surface area contributed by atoms with Crippen molar-refractivity contribution in [3.8, 4) is 5.75 Å². The molecule has 5 atom stereocenters. The van der Waals surface area contributed by atoms with Gasteiger partial charge in [0.15, 0.2) is 0 Å². The van der Waals surface area contributed by atoms with E-state index in [0.29, 0.717) is 11.8 Å². The Labute approximate surface area is 132 Å². The van der Waals surface area contributed by atoms with E-state index in [4.69, 9.17) is 10.5 Å². The molecule has 0 unspecified atom stereocenters. The van der Waals surface area contributed by atoms with E-state index in [0.717, 1.165) is 36.6 Å². The van der Waals surface area contributed by atoms with Crippen molar-refractivity contribution >= 4 is 5.69 Å². The number of aliphatic hydroxyl groups excluding tert-OH is 1. The third-order valence-corrected chi connectivity index (χ3v) is 7.09. The second-order valence-electron chi connectivity index (χ2n) is 7.80. The normalized spacial score (nSPS) is 39.8. The quantitative estimate of drug-likeness (QED) is 0.781. The van der Waals surface area contributed by atoms with Crippen LogP contribution < -0.4 is 10.5 Å². The number of aliphatic hydroxyl groups is 1. The molecule has 0 bridgehead atoms. The van der Waals surface area contributed by atoms with Crippen LogP contribution in [0.25, 0.3) is 0 Å². The highest BCUT2D eigenvalue weighted by molar-refractivity contribution is 5.63. The third-order valence-electron chi connectivity index (χ3n) is 7.09. The van der Waals surface area contributed by atoms with E-state index < -0.39 is 0 Å². The van der Waals surface area contributed by atoms with Crippen LogP contribution in [-0.2, 0) is 6.42 Å². The van der Waals surface area contributed by atoms with Gasteiger partial charge in [0.05, 0.1) is 18.9 Å². The summed E-state index contributed by atoms with van der Waals surface area (Å²) in [7, 11) is 1.69. The molecule has 2 fully saturated rings. The van der Waals surface area contributed by atoms with E-state index in [1.54, 1.807) is 7.11 Å². The lowest BCUT2D eigenvalue weighted by molar-refractivity contribution is -0.0225. The molecule has 4 rings (SSSR count). The summed E-state index contributed by atoms with van der Waals surface area (Å²) in [6.07, 6.45) is 6.69. The molecular formula is C19H27NO2. The molecule has 3 aliphatic carbocycles. The summed E-state index contributed by atoms with van der Waals surface area (Å²) >= 11 is 0. The van der Waals surface area contributed by atoms with Gasteiger partial charge in [-0.2, -0.15) is 0 Å². The molecule has 22 heavy (non-hydrogen) atoms. The van der Waals surface area contributed by atoms with Gasteiger partial charge in [-0.15, -0.1) is 0 Å². The minimum atomic E-state index is -0.0965. The highest BCUT2D eigenvalue weighted by atomic mass is 16.5. The van der Waals surface area contributed by atoms with Gasteiger partial charge in [-0.05, 0) is 78.9 Å². The van der Waals surface area contributed by atoms with Gasteiger partial charge >= 0.3 is 0 Å². The molecular weight excluding hydrogens is 274 g/mol. The Bertz CT molecular complexity index is 599. The number of benzene rings is 1. The number of nitrogens with two attached hydrogens (primary N) is 1. The fraction of sp³-hybridized carbons (Fsp3) is 0.684. The summed E-state index contributed by atoms with van der Waals surface area (Å²) in [5.41, 5.74) is 10.1. The highest BCUT2D eigenvalue weighted by Crippen LogP contribution is 2.61. The van der Waals surface area contributed by atoms with Crippen LogP contribution >= 0.6 is 0 Å². The third kappa shape index (κ3) is 1.78. The van der Waals surface area contributed by atoms with Gasteiger partial charge in [0, 0.05) is 0 Å². The number of anilines is 1. The second-order valence-corrected chi connectivity index (χ2v) is 7.80. The predicted molar refractivity (Wildman–Crippen MR) is 88.0 cm³/mol. The van der Waals surface area contributed by atoms with Crippen molar-refractivity contribution in [3.63, 3.8) is 0 Å². The maximum absolute atomic E-state index is 10.4. The molecule has 3 aliphatic rings. The van der Waals surface area contributed by atoms with Gasteiger partial charge in [0.25, 0.3) is 0 Å². The van der Waals surface area contributed by atoms with Crippen LogP contribution in [-0.4, -0.2) is 18.3 Å². The highest BCUT2D eigenvalue weighted by Gasteiger charge is 2.54. The number of hydrogen-bond acceptors (Lipinski definition) is 3. The Morgan fingerprint density at radius 2 is 2.05 bits per heavy atom. The van der Waals surface area contributed by atoms with E-state index in [9.17, 15) is 5.11 Å². The molecule has 0 radical (unpaired) electrons. The minimum Gasteiger partial charge on any atom is -0.495 e. The van der Waals surface area contributed by atoms with Crippen LogP contribution in [0.15, 0.2) is 12.1 Å². The van der Waals surface area contributed by atoms with E-state index >= 15 is 0 Å². The van der Waals surface area contributed by atoms with Crippen molar-refractivity contribution in [2.24, 2.45) is 17.3 Å². The smallest absolute Gasteiger partial charge is 0.142 e. The van der Waals surface area contributed by atoms with Crippen molar-refractivity contribution < 1.29 is 9.84 Å². The number of hydrogen-bond donors (Lipinski definition) is 2. The van der Waals surface area contributed by atoms with Gasteiger partial charge in [-0.1, -0.05) is 13.0 Å². The first-order valence-electron chi connectivity index (χ1n) is 8.69. The summed E-state index contributed by atoms with van der Waals surface area (Å²) in [5.74, 6) is 2.84. The molecule has 1 aromatic carbocycles. The molecule has 3 nitrogen and oxygen atoms in total. The maximum atomic E-state index is 10.4. The van der Waals surface area contributed by atoms with Crippen molar-refractivity contribution in [3.05, 3.63) is 23.3 Å². The first-order chi connectivity index (χ1) is 10.6. The molecule has 3 N–H and O–H groups in total. The average molecular weight is 301 g/mol. The number of methoxy groups -OCH3 is 1. The molecule has 1 aromatic rings. The Hall–Kier alpha value is -1.22. The topological polar surface area (TPSA) is 55.5 Å². The number of fused-ring (bicyclic) bond motifs is 5. The molecule has 120 valence electrons. The van der Waals surface area contributed by atoms with E-state index in [1.807, 2.05) is 6.07 Å². The summed E-state index contributed by atoms with van der Waals surface area (Å²) in [6.45, 7) is 2.32. The van der Waals surface area contributed by atoms with E-state index in [1.165, 1.54) is 30.4 Å². The van der Waals surface area contributed by atoms with Gasteiger partial charge in [0.2, 0.25) is 0 Å². The Morgan fingerprint density at radius 1 is 1.23 bits per heavy atom.